The normalized spacial score (nSPS) is 25.9. The van der Waals surface area contributed by atoms with Gasteiger partial charge in [0.2, 0.25) is 11.8 Å². The topological polar surface area (TPSA) is 83.5 Å². The molecule has 2 aliphatic rings. The van der Waals surface area contributed by atoms with Crippen molar-refractivity contribution in [2.45, 2.75) is 25.4 Å². The van der Waals surface area contributed by atoms with Crippen molar-refractivity contribution in [3.63, 3.8) is 0 Å². The van der Waals surface area contributed by atoms with Gasteiger partial charge in [-0.05, 0) is 18.1 Å². The van der Waals surface area contributed by atoms with E-state index in [-0.39, 0.29) is 35.8 Å². The number of carbonyl (C=O) groups excluding carboxylic acids is 2. The molecule has 1 N–H and O–H groups in total. The number of nitrogens with one attached hydrogen (secondary N) is 1. The SMILES string of the molecule is O=C(NC1CCS(=O)(=O)C1)C1CC(=O)N(Cc2ccccc2Cl)C1. The minimum Gasteiger partial charge on any atom is -0.352 e. The molecule has 0 bridgehead atoms. The van der Waals surface area contributed by atoms with Crippen LogP contribution in [0.1, 0.15) is 18.4 Å². The maximum Gasteiger partial charge on any atom is 0.225 e. The lowest BCUT2D eigenvalue weighted by atomic mass is 10.1. The van der Waals surface area contributed by atoms with Gasteiger partial charge in [0, 0.05) is 30.6 Å². The standard InChI is InChI=1S/C16H19ClN2O4S/c17-14-4-2-1-3-11(14)8-19-9-12(7-15(19)20)16(21)18-13-5-6-24(22,23)10-13/h1-4,12-13H,5-10H2,(H,18,21). The van der Waals surface area contributed by atoms with E-state index in [0.717, 1.165) is 5.56 Å². The van der Waals surface area contributed by atoms with E-state index in [2.05, 4.69) is 5.32 Å². The molecule has 0 spiro atoms. The van der Waals surface area contributed by atoms with Crippen LogP contribution >= 0.6 is 11.6 Å². The van der Waals surface area contributed by atoms with E-state index in [1.807, 2.05) is 18.2 Å². The Morgan fingerprint density at radius 3 is 2.75 bits per heavy atom. The first-order valence-corrected chi connectivity index (χ1v) is 10.1. The van der Waals surface area contributed by atoms with Gasteiger partial charge in [0.15, 0.2) is 9.84 Å². The highest BCUT2D eigenvalue weighted by molar-refractivity contribution is 7.91. The predicted molar refractivity (Wildman–Crippen MR) is 90.2 cm³/mol. The Kier molecular flexibility index (Phi) is 4.83. The van der Waals surface area contributed by atoms with Gasteiger partial charge in [0.25, 0.3) is 0 Å². The van der Waals surface area contributed by atoms with Crippen LogP contribution in [0, 0.1) is 5.92 Å². The molecule has 0 aromatic heterocycles. The molecule has 130 valence electrons. The average molecular weight is 371 g/mol. The van der Waals surface area contributed by atoms with E-state index in [1.54, 1.807) is 11.0 Å². The predicted octanol–water partition coefficient (Wildman–Crippen LogP) is 0.992. The first-order chi connectivity index (χ1) is 11.3. The molecule has 24 heavy (non-hydrogen) atoms. The fraction of sp³-hybridized carbons (Fsp3) is 0.500. The Morgan fingerprint density at radius 1 is 1.33 bits per heavy atom. The molecule has 0 radical (unpaired) electrons. The zero-order chi connectivity index (χ0) is 17.3. The number of likely N-dealkylation sites (tertiary alicyclic amines) is 1. The van der Waals surface area contributed by atoms with Crippen LogP contribution in [0.5, 0.6) is 0 Å². The Labute approximate surface area is 146 Å². The summed E-state index contributed by atoms with van der Waals surface area (Å²) in [7, 11) is -3.04. The maximum atomic E-state index is 12.3. The molecule has 8 heteroatoms. The number of halogens is 1. The second-order valence-electron chi connectivity index (χ2n) is 6.38. The fourth-order valence-corrected chi connectivity index (χ4v) is 5.03. The molecule has 2 heterocycles. The highest BCUT2D eigenvalue weighted by Gasteiger charge is 2.37. The Bertz CT molecular complexity index is 765. The lowest BCUT2D eigenvalue weighted by molar-refractivity contribution is -0.129. The van der Waals surface area contributed by atoms with Crippen molar-refractivity contribution in [1.29, 1.82) is 0 Å². The van der Waals surface area contributed by atoms with Crippen LogP contribution in [0.2, 0.25) is 5.02 Å². The maximum absolute atomic E-state index is 12.3. The molecule has 0 saturated carbocycles. The van der Waals surface area contributed by atoms with Crippen molar-refractivity contribution < 1.29 is 18.0 Å². The third-order valence-corrected chi connectivity index (χ3v) is 6.62. The van der Waals surface area contributed by atoms with Crippen LogP contribution in [-0.2, 0) is 26.0 Å². The van der Waals surface area contributed by atoms with Gasteiger partial charge in [0.05, 0.1) is 17.4 Å². The van der Waals surface area contributed by atoms with E-state index < -0.39 is 15.8 Å². The number of sulfone groups is 1. The monoisotopic (exact) mass is 370 g/mol. The van der Waals surface area contributed by atoms with E-state index in [4.69, 9.17) is 11.6 Å². The van der Waals surface area contributed by atoms with E-state index in [0.29, 0.717) is 24.5 Å². The summed E-state index contributed by atoms with van der Waals surface area (Å²) in [5, 5.41) is 3.36. The quantitative estimate of drug-likeness (QED) is 0.856. The van der Waals surface area contributed by atoms with Crippen molar-refractivity contribution in [3.05, 3.63) is 34.9 Å². The molecule has 1 aromatic rings. The van der Waals surface area contributed by atoms with E-state index in [1.165, 1.54) is 0 Å². The first-order valence-electron chi connectivity index (χ1n) is 7.86. The van der Waals surface area contributed by atoms with Crippen LogP contribution in [0.15, 0.2) is 24.3 Å². The largest absolute Gasteiger partial charge is 0.352 e. The second kappa shape index (κ2) is 6.72. The molecular formula is C16H19ClN2O4S. The summed E-state index contributed by atoms with van der Waals surface area (Å²) in [6.07, 6.45) is 0.591. The van der Waals surface area contributed by atoms with E-state index >= 15 is 0 Å². The van der Waals surface area contributed by atoms with Crippen LogP contribution in [-0.4, -0.2) is 49.2 Å². The number of carbonyl (C=O) groups is 2. The first kappa shape index (κ1) is 17.2. The summed E-state index contributed by atoms with van der Waals surface area (Å²) in [4.78, 5) is 26.1. The van der Waals surface area contributed by atoms with Crippen molar-refractivity contribution in [3.8, 4) is 0 Å². The van der Waals surface area contributed by atoms with Crippen LogP contribution in [0.4, 0.5) is 0 Å². The highest BCUT2D eigenvalue weighted by Crippen LogP contribution is 2.24. The molecular weight excluding hydrogens is 352 g/mol. The van der Waals surface area contributed by atoms with E-state index in [9.17, 15) is 18.0 Å². The van der Waals surface area contributed by atoms with Crippen LogP contribution in [0.25, 0.3) is 0 Å². The fourth-order valence-electron chi connectivity index (χ4n) is 3.16. The Hall–Kier alpha value is -1.60. The third kappa shape index (κ3) is 3.89. The van der Waals surface area contributed by atoms with Crippen molar-refractivity contribution >= 4 is 33.3 Å². The molecule has 6 nitrogen and oxygen atoms in total. The minimum absolute atomic E-state index is 0.0112. The Morgan fingerprint density at radius 2 is 2.08 bits per heavy atom. The van der Waals surface area contributed by atoms with Crippen molar-refractivity contribution in [2.24, 2.45) is 5.92 Å². The molecule has 2 fully saturated rings. The number of rotatable bonds is 4. The zero-order valence-electron chi connectivity index (χ0n) is 13.1. The second-order valence-corrected chi connectivity index (χ2v) is 9.01. The van der Waals surface area contributed by atoms with Gasteiger partial charge < -0.3 is 10.2 Å². The van der Waals surface area contributed by atoms with Gasteiger partial charge >= 0.3 is 0 Å². The summed E-state index contributed by atoms with van der Waals surface area (Å²) in [5.74, 6) is -0.673. The minimum atomic E-state index is -3.04. The number of hydrogen-bond acceptors (Lipinski definition) is 4. The van der Waals surface area contributed by atoms with Crippen molar-refractivity contribution in [1.82, 2.24) is 10.2 Å². The summed E-state index contributed by atoms with van der Waals surface area (Å²) >= 11 is 6.12. The zero-order valence-corrected chi connectivity index (χ0v) is 14.6. The molecule has 3 rings (SSSR count). The van der Waals surface area contributed by atoms with Crippen LogP contribution in [0.3, 0.4) is 0 Å². The molecule has 1 aromatic carbocycles. The number of amides is 2. The van der Waals surface area contributed by atoms with Crippen LogP contribution < -0.4 is 5.32 Å². The summed E-state index contributed by atoms with van der Waals surface area (Å²) in [5.41, 5.74) is 0.843. The lowest BCUT2D eigenvalue weighted by Crippen LogP contribution is -2.40. The number of nitrogens with zero attached hydrogens (tertiary/aromatic N) is 1. The molecule has 2 atom stereocenters. The van der Waals surface area contributed by atoms with Gasteiger partial charge in [-0.2, -0.15) is 0 Å². The highest BCUT2D eigenvalue weighted by atomic mass is 35.5. The molecule has 0 aliphatic carbocycles. The average Bonchev–Trinajstić information content (AvgIpc) is 3.04. The smallest absolute Gasteiger partial charge is 0.225 e. The number of benzene rings is 1. The van der Waals surface area contributed by atoms with Crippen molar-refractivity contribution in [2.75, 3.05) is 18.1 Å². The third-order valence-electron chi connectivity index (χ3n) is 4.48. The van der Waals surface area contributed by atoms with Gasteiger partial charge in [-0.3, -0.25) is 9.59 Å². The van der Waals surface area contributed by atoms with Gasteiger partial charge in [-0.25, -0.2) is 8.42 Å². The van der Waals surface area contributed by atoms with Gasteiger partial charge in [0.1, 0.15) is 0 Å². The van der Waals surface area contributed by atoms with Gasteiger partial charge in [-0.15, -0.1) is 0 Å². The Balaban J connectivity index is 1.58. The van der Waals surface area contributed by atoms with Gasteiger partial charge in [-0.1, -0.05) is 29.8 Å². The molecule has 2 aliphatic heterocycles. The summed E-state index contributed by atoms with van der Waals surface area (Å²) in [6.45, 7) is 0.704. The summed E-state index contributed by atoms with van der Waals surface area (Å²) in [6, 6.07) is 6.96. The lowest BCUT2D eigenvalue weighted by Gasteiger charge is -2.18. The molecule has 2 unspecified atom stereocenters. The number of hydrogen-bond donors (Lipinski definition) is 1. The summed E-state index contributed by atoms with van der Waals surface area (Å²) < 4.78 is 22.9. The molecule has 2 amide bonds. The molecule has 2 saturated heterocycles.